The van der Waals surface area contributed by atoms with E-state index in [0.29, 0.717) is 19.7 Å². The van der Waals surface area contributed by atoms with Gasteiger partial charge in [-0.05, 0) is 12.1 Å². The first-order valence-corrected chi connectivity index (χ1v) is 4.65. The van der Waals surface area contributed by atoms with E-state index in [1.54, 1.807) is 0 Å². The largest absolute Gasteiger partial charge is 0.223 e. The lowest BCUT2D eigenvalue weighted by Crippen LogP contribution is -1.74. The van der Waals surface area contributed by atoms with Crippen molar-refractivity contribution >= 4 is 44.8 Å². The van der Waals surface area contributed by atoms with E-state index >= 15 is 0 Å². The monoisotopic (exact) mass is 221 g/mol. The van der Waals surface area contributed by atoms with E-state index in [-0.39, 0.29) is 5.82 Å². The summed E-state index contributed by atoms with van der Waals surface area (Å²) in [5.41, 5.74) is 0.563. The van der Waals surface area contributed by atoms with Gasteiger partial charge in [-0.25, -0.2) is 9.37 Å². The molecule has 0 aliphatic heterocycles. The summed E-state index contributed by atoms with van der Waals surface area (Å²) in [4.78, 5) is 3.94. The smallest absolute Gasteiger partial charge is 0.184 e. The van der Waals surface area contributed by atoms with Crippen molar-refractivity contribution in [2.45, 2.75) is 0 Å². The van der Waals surface area contributed by atoms with E-state index in [9.17, 15) is 4.39 Å². The summed E-state index contributed by atoms with van der Waals surface area (Å²) in [5.74, 6) is -0.368. The van der Waals surface area contributed by atoms with Gasteiger partial charge < -0.3 is 0 Å². The molecule has 0 bridgehead atoms. The van der Waals surface area contributed by atoms with Gasteiger partial charge in [0.05, 0.1) is 9.72 Å². The van der Waals surface area contributed by atoms with Crippen LogP contribution in [0.3, 0.4) is 0 Å². The molecular formula is C7H2Cl2FNS. The van der Waals surface area contributed by atoms with Crippen LogP contribution >= 0.6 is 34.5 Å². The summed E-state index contributed by atoms with van der Waals surface area (Å²) in [6, 6.07) is 2.59. The van der Waals surface area contributed by atoms with Crippen LogP contribution in [0.1, 0.15) is 0 Å². The number of benzene rings is 1. The maximum atomic E-state index is 12.8. The van der Waals surface area contributed by atoms with Gasteiger partial charge in [-0.1, -0.05) is 23.2 Å². The highest BCUT2D eigenvalue weighted by Crippen LogP contribution is 2.31. The number of thiazole rings is 1. The Morgan fingerprint density at radius 3 is 2.83 bits per heavy atom. The molecule has 0 spiro atoms. The first-order chi connectivity index (χ1) is 5.66. The van der Waals surface area contributed by atoms with E-state index in [2.05, 4.69) is 4.98 Å². The Morgan fingerprint density at radius 1 is 1.33 bits per heavy atom. The average Bonchev–Trinajstić information content (AvgIpc) is 2.29. The zero-order valence-electron chi connectivity index (χ0n) is 5.64. The molecule has 0 N–H and O–H groups in total. The summed E-state index contributed by atoms with van der Waals surface area (Å²) in [5, 5.41) is 0.299. The molecular weight excluding hydrogens is 220 g/mol. The SMILES string of the molecule is Fc1cc(Cl)c2nc(Cl)sc2c1. The van der Waals surface area contributed by atoms with E-state index in [4.69, 9.17) is 23.2 Å². The highest BCUT2D eigenvalue weighted by molar-refractivity contribution is 7.22. The molecule has 0 unspecified atom stereocenters. The number of hydrogen-bond acceptors (Lipinski definition) is 2. The van der Waals surface area contributed by atoms with Gasteiger partial charge >= 0.3 is 0 Å². The molecule has 0 saturated heterocycles. The van der Waals surface area contributed by atoms with E-state index in [0.717, 1.165) is 0 Å². The van der Waals surface area contributed by atoms with Crippen molar-refractivity contribution in [1.82, 2.24) is 4.98 Å². The topological polar surface area (TPSA) is 12.9 Å². The normalized spacial score (nSPS) is 10.9. The predicted molar refractivity (Wildman–Crippen MR) is 49.6 cm³/mol. The second kappa shape index (κ2) is 2.83. The van der Waals surface area contributed by atoms with Crippen molar-refractivity contribution in [3.05, 3.63) is 27.4 Å². The second-order valence-corrected chi connectivity index (χ2v) is 4.22. The molecule has 0 aliphatic rings. The lowest BCUT2D eigenvalue weighted by atomic mass is 10.3. The zero-order valence-corrected chi connectivity index (χ0v) is 7.97. The summed E-state index contributed by atoms with van der Waals surface area (Å²) in [6.07, 6.45) is 0. The third-order valence-electron chi connectivity index (χ3n) is 1.39. The Balaban J connectivity index is 2.88. The molecule has 1 nitrogen and oxygen atoms in total. The maximum absolute atomic E-state index is 12.8. The predicted octanol–water partition coefficient (Wildman–Crippen LogP) is 3.74. The minimum atomic E-state index is -0.368. The molecule has 0 aliphatic carbocycles. The van der Waals surface area contributed by atoms with Crippen molar-refractivity contribution in [2.75, 3.05) is 0 Å². The molecule has 2 aromatic rings. The van der Waals surface area contributed by atoms with Crippen LogP contribution in [0.5, 0.6) is 0 Å². The number of nitrogens with zero attached hydrogens (tertiary/aromatic N) is 1. The van der Waals surface area contributed by atoms with Gasteiger partial charge in [0.25, 0.3) is 0 Å². The molecule has 0 saturated carbocycles. The van der Waals surface area contributed by atoms with Gasteiger partial charge in [0, 0.05) is 0 Å². The van der Waals surface area contributed by atoms with Crippen LogP contribution in [-0.4, -0.2) is 4.98 Å². The first-order valence-electron chi connectivity index (χ1n) is 3.08. The fourth-order valence-corrected chi connectivity index (χ4v) is 2.31. The summed E-state index contributed by atoms with van der Waals surface area (Å²) in [6.45, 7) is 0. The molecule has 1 aromatic heterocycles. The van der Waals surface area contributed by atoms with Gasteiger partial charge in [-0.2, -0.15) is 0 Å². The Hall–Kier alpha value is -0.380. The molecule has 0 amide bonds. The fraction of sp³-hybridized carbons (Fsp3) is 0. The molecule has 0 fully saturated rings. The van der Waals surface area contributed by atoms with Gasteiger partial charge in [0.2, 0.25) is 0 Å². The Bertz CT molecular complexity index is 440. The second-order valence-electron chi connectivity index (χ2n) is 2.20. The molecule has 1 aromatic carbocycles. The molecule has 5 heteroatoms. The number of hydrogen-bond donors (Lipinski definition) is 0. The van der Waals surface area contributed by atoms with Crippen molar-refractivity contribution in [2.24, 2.45) is 0 Å². The Kier molecular flexibility index (Phi) is 1.94. The van der Waals surface area contributed by atoms with Crippen molar-refractivity contribution in [3.63, 3.8) is 0 Å². The molecule has 1 heterocycles. The molecule has 0 radical (unpaired) electrons. The van der Waals surface area contributed by atoms with Gasteiger partial charge in [-0.3, -0.25) is 0 Å². The lowest BCUT2D eigenvalue weighted by Gasteiger charge is -1.91. The standard InChI is InChI=1S/C7H2Cl2FNS/c8-4-1-3(10)2-5-6(4)11-7(9)12-5/h1-2H. The van der Waals surface area contributed by atoms with Crippen LogP contribution in [0, 0.1) is 5.82 Å². The summed E-state index contributed by atoms with van der Waals surface area (Å²) < 4.78 is 13.8. The lowest BCUT2D eigenvalue weighted by molar-refractivity contribution is 0.630. The molecule has 0 atom stereocenters. The number of fused-ring (bicyclic) bond motifs is 1. The van der Waals surface area contributed by atoms with E-state index in [1.807, 2.05) is 0 Å². The van der Waals surface area contributed by atoms with Gasteiger partial charge in [0.15, 0.2) is 4.47 Å². The van der Waals surface area contributed by atoms with Crippen LogP contribution in [0.2, 0.25) is 9.49 Å². The minimum absolute atomic E-state index is 0.299. The third-order valence-corrected chi connectivity index (χ3v) is 2.78. The van der Waals surface area contributed by atoms with Crippen LogP contribution in [0.4, 0.5) is 4.39 Å². The van der Waals surface area contributed by atoms with Crippen LogP contribution in [0.15, 0.2) is 12.1 Å². The van der Waals surface area contributed by atoms with E-state index < -0.39 is 0 Å². The third kappa shape index (κ3) is 1.28. The molecule has 62 valence electrons. The number of aromatic nitrogens is 1. The van der Waals surface area contributed by atoms with E-state index in [1.165, 1.54) is 23.5 Å². The number of rotatable bonds is 0. The minimum Gasteiger partial charge on any atom is -0.223 e. The first kappa shape index (κ1) is 8.23. The quantitative estimate of drug-likeness (QED) is 0.661. The Labute approximate surface area is 81.7 Å². The fourth-order valence-electron chi connectivity index (χ4n) is 0.930. The van der Waals surface area contributed by atoms with Crippen LogP contribution < -0.4 is 0 Å². The molecule has 2 rings (SSSR count). The van der Waals surface area contributed by atoms with Crippen LogP contribution in [-0.2, 0) is 0 Å². The van der Waals surface area contributed by atoms with Gasteiger partial charge in [-0.15, -0.1) is 11.3 Å². The zero-order chi connectivity index (χ0) is 8.72. The average molecular weight is 222 g/mol. The highest BCUT2D eigenvalue weighted by atomic mass is 35.5. The van der Waals surface area contributed by atoms with Crippen LogP contribution in [0.25, 0.3) is 10.2 Å². The van der Waals surface area contributed by atoms with Crippen molar-refractivity contribution in [1.29, 1.82) is 0 Å². The van der Waals surface area contributed by atoms with Crippen molar-refractivity contribution in [3.8, 4) is 0 Å². The highest BCUT2D eigenvalue weighted by Gasteiger charge is 2.07. The number of halogens is 3. The summed E-state index contributed by atoms with van der Waals surface area (Å²) >= 11 is 12.6. The van der Waals surface area contributed by atoms with Crippen molar-refractivity contribution < 1.29 is 4.39 Å². The Morgan fingerprint density at radius 2 is 2.08 bits per heavy atom. The van der Waals surface area contributed by atoms with Gasteiger partial charge in [0.1, 0.15) is 11.3 Å². The summed E-state index contributed by atoms with van der Waals surface area (Å²) in [7, 11) is 0. The maximum Gasteiger partial charge on any atom is 0.184 e. The molecule has 12 heavy (non-hydrogen) atoms.